The first kappa shape index (κ1) is 24.8. The molecule has 0 unspecified atom stereocenters. The molecule has 1 saturated carbocycles. The van der Waals surface area contributed by atoms with Crippen molar-refractivity contribution in [1.29, 1.82) is 0 Å². The molecular formula is C26H25Cl3N6O. The molecule has 1 fully saturated rings. The van der Waals surface area contributed by atoms with Gasteiger partial charge in [-0.05, 0) is 61.9 Å². The Labute approximate surface area is 224 Å². The largest absolute Gasteiger partial charge is 0.348 e. The third-order valence-electron chi connectivity index (χ3n) is 6.59. The molecule has 10 heteroatoms. The van der Waals surface area contributed by atoms with Crippen LogP contribution in [0.3, 0.4) is 0 Å². The Balaban J connectivity index is 1.66. The first-order valence-electron chi connectivity index (χ1n) is 11.9. The predicted octanol–water partition coefficient (Wildman–Crippen LogP) is 6.45. The Bertz CT molecular complexity index is 1360. The van der Waals surface area contributed by atoms with E-state index in [1.165, 1.54) is 6.33 Å². The molecule has 0 spiro atoms. The molecule has 36 heavy (non-hydrogen) atoms. The number of aromatic nitrogens is 5. The molecular weight excluding hydrogens is 519 g/mol. The maximum atomic E-state index is 13.7. The van der Waals surface area contributed by atoms with Crippen molar-refractivity contribution in [2.75, 3.05) is 0 Å². The van der Waals surface area contributed by atoms with Crippen LogP contribution in [0.2, 0.25) is 15.1 Å². The molecule has 5 rings (SSSR count). The summed E-state index contributed by atoms with van der Waals surface area (Å²) in [5, 5.41) is 13.8. The summed E-state index contributed by atoms with van der Waals surface area (Å²) in [6.45, 7) is 2.55. The highest BCUT2D eigenvalue weighted by Gasteiger charge is 2.28. The number of benzene rings is 2. The number of nitrogens with zero attached hydrogens (tertiary/aromatic N) is 5. The molecule has 1 N–H and O–H groups in total. The molecule has 4 aromatic rings. The van der Waals surface area contributed by atoms with E-state index in [1.54, 1.807) is 46.0 Å². The highest BCUT2D eigenvalue weighted by Crippen LogP contribution is 2.34. The summed E-state index contributed by atoms with van der Waals surface area (Å²) in [6, 6.07) is 12.7. The van der Waals surface area contributed by atoms with E-state index in [9.17, 15) is 4.79 Å². The fourth-order valence-corrected chi connectivity index (χ4v) is 5.26. The first-order valence-corrected chi connectivity index (χ1v) is 13.0. The second kappa shape index (κ2) is 10.6. The molecule has 1 aliphatic carbocycles. The molecule has 0 saturated heterocycles. The van der Waals surface area contributed by atoms with Crippen molar-refractivity contribution in [1.82, 2.24) is 29.9 Å². The second-order valence-corrected chi connectivity index (χ2v) is 10.5. The van der Waals surface area contributed by atoms with Crippen LogP contribution >= 0.6 is 34.8 Å². The Morgan fingerprint density at radius 3 is 2.42 bits per heavy atom. The smallest absolute Gasteiger partial charge is 0.272 e. The molecule has 1 aliphatic rings. The minimum atomic E-state index is -0.219. The van der Waals surface area contributed by atoms with Crippen LogP contribution in [0.15, 0.2) is 55.1 Å². The van der Waals surface area contributed by atoms with E-state index in [1.807, 2.05) is 12.1 Å². The number of carbonyl (C=O) groups is 1. The molecule has 2 heterocycles. The summed E-state index contributed by atoms with van der Waals surface area (Å²) in [4.78, 5) is 17.7. The van der Waals surface area contributed by atoms with E-state index in [2.05, 4.69) is 22.3 Å². The Morgan fingerprint density at radius 2 is 1.75 bits per heavy atom. The minimum Gasteiger partial charge on any atom is -0.348 e. The SMILES string of the molecule is CC1CCC(NC(=O)c2nn(-c3ccc(Cl)cc3Cl)c(-c3ccc(Cl)cc3)c2Cn2cncn2)CC1. The summed E-state index contributed by atoms with van der Waals surface area (Å²) in [7, 11) is 0. The van der Waals surface area contributed by atoms with Gasteiger partial charge < -0.3 is 5.32 Å². The Morgan fingerprint density at radius 1 is 1.03 bits per heavy atom. The van der Waals surface area contributed by atoms with Crippen LogP contribution in [0.5, 0.6) is 0 Å². The average Bonchev–Trinajstić information content (AvgIpc) is 3.50. The first-order chi connectivity index (χ1) is 17.4. The van der Waals surface area contributed by atoms with Crippen LogP contribution in [-0.2, 0) is 6.54 Å². The van der Waals surface area contributed by atoms with Crippen molar-refractivity contribution < 1.29 is 4.79 Å². The Kier molecular flexibility index (Phi) is 7.32. The third-order valence-corrected chi connectivity index (χ3v) is 7.38. The van der Waals surface area contributed by atoms with E-state index in [-0.39, 0.29) is 11.9 Å². The average molecular weight is 544 g/mol. The number of halogens is 3. The molecule has 1 amide bonds. The molecule has 7 nitrogen and oxygen atoms in total. The van der Waals surface area contributed by atoms with Crippen LogP contribution in [0.25, 0.3) is 16.9 Å². The number of hydrogen-bond donors (Lipinski definition) is 1. The van der Waals surface area contributed by atoms with Crippen molar-refractivity contribution in [2.45, 2.75) is 45.2 Å². The van der Waals surface area contributed by atoms with Crippen molar-refractivity contribution in [3.05, 3.63) is 81.4 Å². The molecule has 186 valence electrons. The molecule has 0 radical (unpaired) electrons. The maximum Gasteiger partial charge on any atom is 0.272 e. The van der Waals surface area contributed by atoms with Gasteiger partial charge in [0.05, 0.1) is 22.9 Å². The zero-order chi connectivity index (χ0) is 25.2. The molecule has 2 aromatic heterocycles. The molecule has 0 atom stereocenters. The van der Waals surface area contributed by atoms with Gasteiger partial charge in [0, 0.05) is 27.2 Å². The zero-order valence-corrected chi connectivity index (χ0v) is 21.9. The summed E-state index contributed by atoms with van der Waals surface area (Å²) < 4.78 is 3.37. The van der Waals surface area contributed by atoms with Gasteiger partial charge in [-0.1, -0.05) is 53.9 Å². The summed E-state index contributed by atoms with van der Waals surface area (Å²) >= 11 is 19.0. The quantitative estimate of drug-likeness (QED) is 0.303. The monoisotopic (exact) mass is 542 g/mol. The minimum absolute atomic E-state index is 0.121. The van der Waals surface area contributed by atoms with E-state index in [0.717, 1.165) is 31.2 Å². The lowest BCUT2D eigenvalue weighted by molar-refractivity contribution is 0.0916. The van der Waals surface area contributed by atoms with Crippen LogP contribution in [0.1, 0.15) is 48.7 Å². The number of hydrogen-bond acceptors (Lipinski definition) is 4. The van der Waals surface area contributed by atoms with Gasteiger partial charge in [0.2, 0.25) is 0 Å². The fraction of sp³-hybridized carbons (Fsp3) is 0.308. The van der Waals surface area contributed by atoms with Crippen molar-refractivity contribution in [2.24, 2.45) is 5.92 Å². The van der Waals surface area contributed by atoms with E-state index < -0.39 is 0 Å². The van der Waals surface area contributed by atoms with Gasteiger partial charge in [-0.2, -0.15) is 10.2 Å². The van der Waals surface area contributed by atoms with Crippen LogP contribution in [0.4, 0.5) is 0 Å². The third kappa shape index (κ3) is 5.28. The number of nitrogens with one attached hydrogen (secondary N) is 1. The van der Waals surface area contributed by atoms with Gasteiger partial charge in [0.25, 0.3) is 5.91 Å². The van der Waals surface area contributed by atoms with Gasteiger partial charge in [0.15, 0.2) is 5.69 Å². The van der Waals surface area contributed by atoms with Gasteiger partial charge in [0.1, 0.15) is 12.7 Å². The fourth-order valence-electron chi connectivity index (χ4n) is 4.65. The van der Waals surface area contributed by atoms with E-state index >= 15 is 0 Å². The summed E-state index contributed by atoms with van der Waals surface area (Å²) in [5.41, 5.74) is 3.18. The van der Waals surface area contributed by atoms with Crippen molar-refractivity contribution in [3.63, 3.8) is 0 Å². The lowest BCUT2D eigenvalue weighted by Gasteiger charge is -2.26. The summed E-state index contributed by atoms with van der Waals surface area (Å²) in [5.74, 6) is 0.465. The molecule has 2 aromatic carbocycles. The van der Waals surface area contributed by atoms with E-state index in [0.29, 0.717) is 50.2 Å². The van der Waals surface area contributed by atoms with Gasteiger partial charge >= 0.3 is 0 Å². The zero-order valence-electron chi connectivity index (χ0n) is 19.7. The van der Waals surface area contributed by atoms with Crippen LogP contribution in [-0.4, -0.2) is 36.5 Å². The number of carbonyl (C=O) groups excluding carboxylic acids is 1. The highest BCUT2D eigenvalue weighted by atomic mass is 35.5. The normalized spacial score (nSPS) is 17.8. The number of rotatable bonds is 6. The van der Waals surface area contributed by atoms with Gasteiger partial charge in [-0.15, -0.1) is 0 Å². The van der Waals surface area contributed by atoms with Crippen molar-refractivity contribution in [3.8, 4) is 16.9 Å². The lowest BCUT2D eigenvalue weighted by atomic mass is 9.87. The summed E-state index contributed by atoms with van der Waals surface area (Å²) in [6.07, 6.45) is 7.19. The maximum absolute atomic E-state index is 13.7. The van der Waals surface area contributed by atoms with Gasteiger partial charge in [-0.25, -0.2) is 14.3 Å². The second-order valence-electron chi connectivity index (χ2n) is 9.21. The van der Waals surface area contributed by atoms with E-state index in [4.69, 9.17) is 39.9 Å². The van der Waals surface area contributed by atoms with Crippen LogP contribution in [0, 0.1) is 5.92 Å². The predicted molar refractivity (Wildman–Crippen MR) is 142 cm³/mol. The Hall–Kier alpha value is -2.87. The highest BCUT2D eigenvalue weighted by molar-refractivity contribution is 6.35. The lowest BCUT2D eigenvalue weighted by Crippen LogP contribution is -2.38. The topological polar surface area (TPSA) is 77.6 Å². The molecule has 0 bridgehead atoms. The van der Waals surface area contributed by atoms with Gasteiger partial charge in [-0.3, -0.25) is 4.79 Å². The number of amides is 1. The molecule has 0 aliphatic heterocycles. The van der Waals surface area contributed by atoms with Crippen molar-refractivity contribution >= 4 is 40.7 Å². The van der Waals surface area contributed by atoms with Crippen LogP contribution < -0.4 is 5.32 Å². The standard InChI is InChI=1S/C26H25Cl3N6O/c1-16-2-9-20(10-3-16)32-26(36)24-21(13-34-15-30-14-31-34)25(17-4-6-18(27)7-5-17)35(33-24)23-11-8-19(28)12-22(23)29/h4-8,11-12,14-16,20H,2-3,9-10,13H2,1H3,(H,32,36).